The van der Waals surface area contributed by atoms with Crippen molar-refractivity contribution in [3.63, 3.8) is 0 Å². The molecule has 5 nitrogen and oxygen atoms in total. The smallest absolute Gasteiger partial charge is 0.224 e. The van der Waals surface area contributed by atoms with Crippen LogP contribution in [0.15, 0.2) is 0 Å². The molecule has 0 aromatic carbocycles. The number of ether oxygens (including phenoxy) is 1. The van der Waals surface area contributed by atoms with E-state index in [1.165, 1.54) is 0 Å². The average Bonchev–Trinajstić information content (AvgIpc) is 3.16. The molecule has 0 radical (unpaired) electrons. The second-order valence-electron chi connectivity index (χ2n) is 8.61. The van der Waals surface area contributed by atoms with Gasteiger partial charge in [0.2, 0.25) is 11.8 Å². The lowest BCUT2D eigenvalue weighted by molar-refractivity contribution is -0.167. The minimum absolute atomic E-state index is 0.0158. The maximum absolute atomic E-state index is 12.7. The number of nitrogens with zero attached hydrogens (tertiary/aromatic N) is 1. The summed E-state index contributed by atoms with van der Waals surface area (Å²) in [6.45, 7) is 7.13. The Balaban J connectivity index is 1.51. The fourth-order valence-electron chi connectivity index (χ4n) is 5.24. The Morgan fingerprint density at radius 3 is 2.58 bits per heavy atom. The highest BCUT2D eigenvalue weighted by Crippen LogP contribution is 2.54. The highest BCUT2D eigenvalue weighted by molar-refractivity contribution is 5.81. The van der Waals surface area contributed by atoms with Crippen LogP contribution in [0.1, 0.15) is 59.3 Å². The first-order valence-corrected chi connectivity index (χ1v) is 9.50. The second kappa shape index (κ2) is 6.66. The Labute approximate surface area is 145 Å². The number of carbonyl (C=O) groups is 2. The number of amides is 2. The van der Waals surface area contributed by atoms with E-state index < -0.39 is 0 Å². The van der Waals surface area contributed by atoms with Gasteiger partial charge in [-0.2, -0.15) is 0 Å². The van der Waals surface area contributed by atoms with Gasteiger partial charge in [0.1, 0.15) is 0 Å². The second-order valence-corrected chi connectivity index (χ2v) is 8.61. The van der Waals surface area contributed by atoms with Gasteiger partial charge in [0.05, 0.1) is 6.10 Å². The fourth-order valence-corrected chi connectivity index (χ4v) is 5.24. The van der Waals surface area contributed by atoms with Crippen LogP contribution >= 0.6 is 0 Å². The largest absolute Gasteiger partial charge is 0.377 e. The summed E-state index contributed by atoms with van der Waals surface area (Å²) in [5, 5.41) is 3.04. The van der Waals surface area contributed by atoms with E-state index in [1.807, 2.05) is 18.9 Å². The van der Waals surface area contributed by atoms with Gasteiger partial charge >= 0.3 is 0 Å². The first-order valence-electron chi connectivity index (χ1n) is 9.50. The van der Waals surface area contributed by atoms with Gasteiger partial charge in [-0.15, -0.1) is 0 Å². The Kier molecular flexibility index (Phi) is 4.92. The van der Waals surface area contributed by atoms with Gasteiger partial charge in [0.25, 0.3) is 0 Å². The third-order valence-electron chi connectivity index (χ3n) is 6.44. The van der Waals surface area contributed by atoms with E-state index in [0.717, 1.165) is 38.7 Å². The van der Waals surface area contributed by atoms with Crippen molar-refractivity contribution in [2.24, 2.45) is 17.3 Å². The zero-order valence-corrected chi connectivity index (χ0v) is 15.5. The minimum Gasteiger partial charge on any atom is -0.377 e. The van der Waals surface area contributed by atoms with Crippen LogP contribution in [0, 0.1) is 17.3 Å². The molecule has 1 aliphatic heterocycles. The highest BCUT2D eigenvalue weighted by atomic mass is 16.5. The molecule has 2 saturated carbocycles. The van der Waals surface area contributed by atoms with Crippen LogP contribution in [-0.4, -0.2) is 48.6 Å². The van der Waals surface area contributed by atoms with Crippen LogP contribution < -0.4 is 5.32 Å². The number of fused-ring (bicyclic) bond motifs is 1. The normalized spacial score (nSPS) is 32.8. The van der Waals surface area contributed by atoms with Crippen molar-refractivity contribution in [2.45, 2.75) is 77.5 Å². The summed E-state index contributed by atoms with van der Waals surface area (Å²) in [4.78, 5) is 26.8. The third-order valence-corrected chi connectivity index (χ3v) is 6.44. The molecule has 3 rings (SSSR count). The van der Waals surface area contributed by atoms with Gasteiger partial charge in [-0.1, -0.05) is 26.7 Å². The molecular formula is C19H32N2O3. The maximum atomic E-state index is 12.7. The molecule has 3 fully saturated rings. The SMILES string of the molecule is C[C@H](CC(=O)N(C)[C@@H]1[C@H]2CCO[C@@H]2C1(C)C)NC(=O)C1CCCC1. The summed E-state index contributed by atoms with van der Waals surface area (Å²) in [5.41, 5.74) is 0.0158. The molecule has 0 unspecified atom stereocenters. The summed E-state index contributed by atoms with van der Waals surface area (Å²) in [7, 11) is 1.91. The standard InChI is InChI=1S/C19H32N2O3/c1-12(20-18(23)13-7-5-6-8-13)11-15(22)21(4)16-14-9-10-24-17(14)19(16,2)3/h12-14,16-17H,5-11H2,1-4H3,(H,20,23)/t12-,14-,16-,17+/m1/s1. The van der Waals surface area contributed by atoms with Gasteiger partial charge in [0, 0.05) is 49.4 Å². The lowest BCUT2D eigenvalue weighted by Gasteiger charge is -2.57. The summed E-state index contributed by atoms with van der Waals surface area (Å²) >= 11 is 0. The Bertz CT molecular complexity index is 499. The van der Waals surface area contributed by atoms with Crippen LogP contribution in [0.5, 0.6) is 0 Å². The van der Waals surface area contributed by atoms with E-state index in [9.17, 15) is 9.59 Å². The first-order chi connectivity index (χ1) is 11.3. The number of carbonyl (C=O) groups excluding carboxylic acids is 2. The molecule has 1 heterocycles. The van der Waals surface area contributed by atoms with E-state index >= 15 is 0 Å². The van der Waals surface area contributed by atoms with E-state index in [4.69, 9.17) is 4.74 Å². The van der Waals surface area contributed by atoms with Crippen LogP contribution in [-0.2, 0) is 14.3 Å². The molecule has 24 heavy (non-hydrogen) atoms. The molecule has 0 spiro atoms. The third kappa shape index (κ3) is 3.07. The molecule has 2 aliphatic carbocycles. The Morgan fingerprint density at radius 1 is 1.25 bits per heavy atom. The molecule has 0 bridgehead atoms. The van der Waals surface area contributed by atoms with E-state index in [0.29, 0.717) is 12.3 Å². The van der Waals surface area contributed by atoms with Gasteiger partial charge in [-0.25, -0.2) is 0 Å². The van der Waals surface area contributed by atoms with Crippen molar-refractivity contribution in [3.05, 3.63) is 0 Å². The maximum Gasteiger partial charge on any atom is 0.224 e. The molecule has 4 atom stereocenters. The number of rotatable bonds is 5. The predicted molar refractivity (Wildman–Crippen MR) is 92.4 cm³/mol. The van der Waals surface area contributed by atoms with Crippen LogP contribution in [0.3, 0.4) is 0 Å². The van der Waals surface area contributed by atoms with Crippen molar-refractivity contribution >= 4 is 11.8 Å². The van der Waals surface area contributed by atoms with Crippen LogP contribution in [0.2, 0.25) is 0 Å². The van der Waals surface area contributed by atoms with Crippen molar-refractivity contribution in [1.82, 2.24) is 10.2 Å². The molecule has 0 aromatic heterocycles. The lowest BCUT2D eigenvalue weighted by atomic mass is 9.56. The van der Waals surface area contributed by atoms with Crippen molar-refractivity contribution in [2.75, 3.05) is 13.7 Å². The molecule has 0 aromatic rings. The van der Waals surface area contributed by atoms with Crippen molar-refractivity contribution in [1.29, 1.82) is 0 Å². The molecule has 3 aliphatic rings. The summed E-state index contributed by atoms with van der Waals surface area (Å²) in [5.74, 6) is 0.876. The zero-order chi connectivity index (χ0) is 17.5. The monoisotopic (exact) mass is 336 g/mol. The number of hydrogen-bond acceptors (Lipinski definition) is 3. The zero-order valence-electron chi connectivity index (χ0n) is 15.5. The molecule has 5 heteroatoms. The Hall–Kier alpha value is -1.10. The predicted octanol–water partition coefficient (Wildman–Crippen LogP) is 2.34. The van der Waals surface area contributed by atoms with E-state index in [-0.39, 0.29) is 41.3 Å². The van der Waals surface area contributed by atoms with Crippen molar-refractivity contribution < 1.29 is 14.3 Å². The summed E-state index contributed by atoms with van der Waals surface area (Å²) in [6, 6.07) is 0.141. The van der Waals surface area contributed by atoms with Crippen LogP contribution in [0.4, 0.5) is 0 Å². The molecular weight excluding hydrogens is 304 g/mol. The van der Waals surface area contributed by atoms with Gasteiger partial charge in [0.15, 0.2) is 0 Å². The molecule has 1 saturated heterocycles. The van der Waals surface area contributed by atoms with Gasteiger partial charge in [-0.3, -0.25) is 9.59 Å². The minimum atomic E-state index is -0.105. The lowest BCUT2D eigenvalue weighted by Crippen LogP contribution is -2.67. The summed E-state index contributed by atoms with van der Waals surface area (Å²) in [6.07, 6.45) is 5.99. The van der Waals surface area contributed by atoms with E-state index in [1.54, 1.807) is 0 Å². The summed E-state index contributed by atoms with van der Waals surface area (Å²) < 4.78 is 5.82. The van der Waals surface area contributed by atoms with Crippen molar-refractivity contribution in [3.8, 4) is 0 Å². The Morgan fingerprint density at radius 2 is 1.92 bits per heavy atom. The molecule has 136 valence electrons. The number of nitrogens with one attached hydrogen (secondary N) is 1. The molecule has 2 amide bonds. The topological polar surface area (TPSA) is 58.6 Å². The van der Waals surface area contributed by atoms with E-state index in [2.05, 4.69) is 19.2 Å². The highest BCUT2D eigenvalue weighted by Gasteiger charge is 2.61. The average molecular weight is 336 g/mol. The quantitative estimate of drug-likeness (QED) is 0.838. The first kappa shape index (κ1) is 17.7. The van der Waals surface area contributed by atoms with Gasteiger partial charge < -0.3 is 15.0 Å². The molecule has 1 N–H and O–H groups in total. The van der Waals surface area contributed by atoms with Crippen LogP contribution in [0.25, 0.3) is 0 Å². The number of hydrogen-bond donors (Lipinski definition) is 1. The fraction of sp³-hybridized carbons (Fsp3) is 0.895. The van der Waals surface area contributed by atoms with Gasteiger partial charge in [-0.05, 0) is 26.2 Å².